The molecule has 0 atom stereocenters. The summed E-state index contributed by atoms with van der Waals surface area (Å²) in [4.78, 5) is 7.20. The van der Waals surface area contributed by atoms with Crippen LogP contribution in [0.2, 0.25) is 0 Å². The Labute approximate surface area is 87.6 Å². The molecular weight excluding hydrogens is 184 g/mol. The van der Waals surface area contributed by atoms with Gasteiger partial charge in [0.1, 0.15) is 0 Å². The largest absolute Gasteiger partial charge is 0.361 e. The van der Waals surface area contributed by atoms with E-state index in [4.69, 9.17) is 0 Å². The molecule has 1 N–H and O–H groups in total. The highest BCUT2D eigenvalue weighted by molar-refractivity contribution is 5.84. The quantitative estimate of drug-likeness (QED) is 0.633. The SMILES string of the molecule is c1cc(-c2ccc3[nH]ccc3c2)ccn1. The molecule has 0 aliphatic carbocycles. The topological polar surface area (TPSA) is 28.7 Å². The minimum atomic E-state index is 1.17. The molecule has 0 fully saturated rings. The van der Waals surface area contributed by atoms with E-state index in [-0.39, 0.29) is 0 Å². The standard InChI is InChI=1S/C13H10N2/c1-2-13-12(5-8-15-13)9-11(1)10-3-6-14-7-4-10/h1-9,15H. The minimum Gasteiger partial charge on any atom is -0.361 e. The van der Waals surface area contributed by atoms with E-state index in [0.717, 1.165) is 0 Å². The number of nitrogens with zero attached hydrogens (tertiary/aromatic N) is 1. The fourth-order valence-corrected chi connectivity index (χ4v) is 1.78. The molecule has 2 heterocycles. The predicted octanol–water partition coefficient (Wildman–Crippen LogP) is 3.23. The number of nitrogens with one attached hydrogen (secondary N) is 1. The highest BCUT2D eigenvalue weighted by Crippen LogP contribution is 2.22. The first-order chi connectivity index (χ1) is 7.43. The van der Waals surface area contributed by atoms with Crippen molar-refractivity contribution >= 4 is 10.9 Å². The van der Waals surface area contributed by atoms with E-state index in [2.05, 4.69) is 34.2 Å². The molecule has 0 saturated heterocycles. The molecule has 0 bridgehead atoms. The van der Waals surface area contributed by atoms with Gasteiger partial charge in [-0.25, -0.2) is 0 Å². The Balaban J connectivity index is 2.19. The predicted molar refractivity (Wildman–Crippen MR) is 61.5 cm³/mol. The molecule has 72 valence electrons. The summed E-state index contributed by atoms with van der Waals surface area (Å²) in [5, 5.41) is 1.24. The summed E-state index contributed by atoms with van der Waals surface area (Å²) in [5.74, 6) is 0. The van der Waals surface area contributed by atoms with Crippen LogP contribution in [0.5, 0.6) is 0 Å². The number of hydrogen-bond acceptors (Lipinski definition) is 1. The van der Waals surface area contributed by atoms with E-state index in [1.807, 2.05) is 30.7 Å². The van der Waals surface area contributed by atoms with Gasteiger partial charge in [-0.05, 0) is 46.8 Å². The fraction of sp³-hybridized carbons (Fsp3) is 0. The van der Waals surface area contributed by atoms with E-state index in [9.17, 15) is 0 Å². The van der Waals surface area contributed by atoms with Crippen LogP contribution in [-0.2, 0) is 0 Å². The second-order valence-electron chi connectivity index (χ2n) is 3.52. The molecule has 0 aliphatic rings. The monoisotopic (exact) mass is 194 g/mol. The Morgan fingerprint density at radius 3 is 2.60 bits per heavy atom. The third-order valence-corrected chi connectivity index (χ3v) is 2.57. The fourth-order valence-electron chi connectivity index (χ4n) is 1.78. The third kappa shape index (κ3) is 1.40. The lowest BCUT2D eigenvalue weighted by molar-refractivity contribution is 1.33. The molecule has 2 heteroatoms. The zero-order chi connectivity index (χ0) is 10.1. The van der Waals surface area contributed by atoms with Gasteiger partial charge in [-0.3, -0.25) is 4.98 Å². The Morgan fingerprint density at radius 2 is 1.73 bits per heavy atom. The molecule has 2 nitrogen and oxygen atoms in total. The number of rotatable bonds is 1. The lowest BCUT2D eigenvalue weighted by Gasteiger charge is -2.00. The number of benzene rings is 1. The first kappa shape index (κ1) is 8.24. The highest BCUT2D eigenvalue weighted by atomic mass is 14.7. The zero-order valence-corrected chi connectivity index (χ0v) is 8.14. The van der Waals surface area contributed by atoms with Crippen molar-refractivity contribution in [3.63, 3.8) is 0 Å². The maximum atomic E-state index is 4.02. The first-order valence-corrected chi connectivity index (χ1v) is 4.91. The van der Waals surface area contributed by atoms with Gasteiger partial charge in [-0.1, -0.05) is 6.07 Å². The highest BCUT2D eigenvalue weighted by Gasteiger charge is 1.99. The van der Waals surface area contributed by atoms with Crippen LogP contribution in [0.25, 0.3) is 22.0 Å². The molecule has 0 amide bonds. The molecule has 0 aliphatic heterocycles. The van der Waals surface area contributed by atoms with Crippen molar-refractivity contribution < 1.29 is 0 Å². The summed E-state index contributed by atoms with van der Waals surface area (Å²) >= 11 is 0. The summed E-state index contributed by atoms with van der Waals surface area (Å²) in [7, 11) is 0. The second-order valence-corrected chi connectivity index (χ2v) is 3.52. The van der Waals surface area contributed by atoms with E-state index in [0.29, 0.717) is 0 Å². The Bertz CT molecular complexity index is 582. The van der Waals surface area contributed by atoms with Gasteiger partial charge in [0.2, 0.25) is 0 Å². The average molecular weight is 194 g/mol. The zero-order valence-electron chi connectivity index (χ0n) is 8.14. The van der Waals surface area contributed by atoms with Crippen molar-refractivity contribution in [3.05, 3.63) is 55.0 Å². The van der Waals surface area contributed by atoms with Gasteiger partial charge in [0.15, 0.2) is 0 Å². The lowest BCUT2D eigenvalue weighted by Crippen LogP contribution is -1.78. The maximum absolute atomic E-state index is 4.02. The van der Waals surface area contributed by atoms with Crippen molar-refractivity contribution in [1.29, 1.82) is 0 Å². The number of hydrogen-bond donors (Lipinski definition) is 1. The van der Waals surface area contributed by atoms with Gasteiger partial charge in [-0.15, -0.1) is 0 Å². The average Bonchev–Trinajstić information content (AvgIpc) is 2.77. The summed E-state index contributed by atoms with van der Waals surface area (Å²) in [6, 6.07) is 12.5. The van der Waals surface area contributed by atoms with Gasteiger partial charge in [0.25, 0.3) is 0 Å². The summed E-state index contributed by atoms with van der Waals surface area (Å²) in [6.07, 6.45) is 5.59. The number of H-pyrrole nitrogens is 1. The molecular formula is C13H10N2. The van der Waals surface area contributed by atoms with Crippen LogP contribution in [0.4, 0.5) is 0 Å². The third-order valence-electron chi connectivity index (χ3n) is 2.57. The minimum absolute atomic E-state index is 1.17. The van der Waals surface area contributed by atoms with E-state index in [1.54, 1.807) is 0 Å². The van der Waals surface area contributed by atoms with Crippen LogP contribution in [-0.4, -0.2) is 9.97 Å². The van der Waals surface area contributed by atoms with Gasteiger partial charge < -0.3 is 4.98 Å². The van der Waals surface area contributed by atoms with Crippen molar-refractivity contribution in [1.82, 2.24) is 9.97 Å². The maximum Gasteiger partial charge on any atom is 0.0454 e. The van der Waals surface area contributed by atoms with Gasteiger partial charge in [0, 0.05) is 24.1 Å². The lowest BCUT2D eigenvalue weighted by atomic mass is 10.1. The van der Waals surface area contributed by atoms with Crippen LogP contribution >= 0.6 is 0 Å². The van der Waals surface area contributed by atoms with Gasteiger partial charge in [0.05, 0.1) is 0 Å². The number of aromatic amines is 1. The number of fused-ring (bicyclic) bond motifs is 1. The van der Waals surface area contributed by atoms with Gasteiger partial charge >= 0.3 is 0 Å². The summed E-state index contributed by atoms with van der Waals surface area (Å²) in [6.45, 7) is 0. The second kappa shape index (κ2) is 3.24. The first-order valence-electron chi connectivity index (χ1n) is 4.91. The van der Waals surface area contributed by atoms with Crippen LogP contribution in [0.1, 0.15) is 0 Å². The van der Waals surface area contributed by atoms with Crippen LogP contribution < -0.4 is 0 Å². The smallest absolute Gasteiger partial charge is 0.0454 e. The Hall–Kier alpha value is -2.09. The summed E-state index contributed by atoms with van der Waals surface area (Å²) in [5.41, 5.74) is 3.60. The van der Waals surface area contributed by atoms with Crippen molar-refractivity contribution in [2.24, 2.45) is 0 Å². The van der Waals surface area contributed by atoms with Gasteiger partial charge in [-0.2, -0.15) is 0 Å². The normalized spacial score (nSPS) is 10.7. The molecule has 0 saturated carbocycles. The van der Waals surface area contributed by atoms with E-state index < -0.39 is 0 Å². The summed E-state index contributed by atoms with van der Waals surface area (Å²) < 4.78 is 0. The Morgan fingerprint density at radius 1 is 0.867 bits per heavy atom. The Kier molecular flexibility index (Phi) is 1.78. The van der Waals surface area contributed by atoms with Crippen LogP contribution in [0.3, 0.4) is 0 Å². The number of pyridine rings is 1. The molecule has 0 unspecified atom stereocenters. The molecule has 3 aromatic rings. The van der Waals surface area contributed by atoms with E-state index >= 15 is 0 Å². The molecule has 0 radical (unpaired) electrons. The van der Waals surface area contributed by atoms with Crippen molar-refractivity contribution in [2.75, 3.05) is 0 Å². The molecule has 3 rings (SSSR count). The van der Waals surface area contributed by atoms with Crippen molar-refractivity contribution in [2.45, 2.75) is 0 Å². The molecule has 1 aromatic carbocycles. The number of aromatic nitrogens is 2. The van der Waals surface area contributed by atoms with Crippen LogP contribution in [0.15, 0.2) is 55.0 Å². The molecule has 0 spiro atoms. The van der Waals surface area contributed by atoms with Crippen molar-refractivity contribution in [3.8, 4) is 11.1 Å². The molecule has 2 aromatic heterocycles. The van der Waals surface area contributed by atoms with Crippen LogP contribution in [0, 0.1) is 0 Å². The van der Waals surface area contributed by atoms with E-state index in [1.165, 1.54) is 22.0 Å². The molecule has 15 heavy (non-hydrogen) atoms.